The number of sulfone groups is 1. The minimum atomic E-state index is -3.21. The first-order chi connectivity index (χ1) is 7.65. The summed E-state index contributed by atoms with van der Waals surface area (Å²) >= 11 is 5.72. The third-order valence-corrected chi connectivity index (χ3v) is 4.98. The monoisotopic (exact) mass is 279 g/mol. The van der Waals surface area contributed by atoms with Gasteiger partial charge in [-0.2, -0.15) is 0 Å². The van der Waals surface area contributed by atoms with Crippen LogP contribution in [0.4, 0.5) is 5.82 Å². The van der Waals surface area contributed by atoms with Crippen molar-refractivity contribution in [2.75, 3.05) is 18.1 Å². The largest absolute Gasteiger partial charge is 0.367 e. The van der Waals surface area contributed by atoms with Crippen LogP contribution in [0.2, 0.25) is 5.02 Å². The molecule has 0 radical (unpaired) electrons. The fraction of sp³-hybridized carbons (Fsp3) is 0.556. The maximum Gasteiger partial charge on any atom is 0.271 e. The molecule has 17 heavy (non-hydrogen) atoms. The molecule has 0 aliphatic heterocycles. The summed E-state index contributed by atoms with van der Waals surface area (Å²) < 4.78 is 22.0. The second kappa shape index (κ2) is 4.66. The fourth-order valence-electron chi connectivity index (χ4n) is 0.934. The molecule has 1 rings (SSSR count). The molecule has 8 heteroatoms. The number of halogens is 1. The number of hydrogen-bond acceptors (Lipinski definition) is 5. The molecule has 0 spiro atoms. The second-order valence-electron chi connectivity index (χ2n) is 4.28. The Morgan fingerprint density at radius 3 is 2.65 bits per heavy atom. The van der Waals surface area contributed by atoms with Crippen LogP contribution in [0, 0.1) is 0 Å². The van der Waals surface area contributed by atoms with Crippen LogP contribution in [0.25, 0.3) is 0 Å². The van der Waals surface area contributed by atoms with E-state index in [9.17, 15) is 13.2 Å². The van der Waals surface area contributed by atoms with Crippen molar-refractivity contribution in [1.29, 1.82) is 0 Å². The summed E-state index contributed by atoms with van der Waals surface area (Å²) in [5.41, 5.74) is -0.471. The summed E-state index contributed by atoms with van der Waals surface area (Å²) in [6.45, 7) is 3.27. The molecule has 1 aromatic rings. The number of hydrogen-bond donors (Lipinski definition) is 2. The predicted octanol–water partition coefficient (Wildman–Crippen LogP) is 0.658. The van der Waals surface area contributed by atoms with Gasteiger partial charge < -0.3 is 10.3 Å². The second-order valence-corrected chi connectivity index (χ2v) is 7.31. The lowest BCUT2D eigenvalue weighted by Crippen LogP contribution is -2.38. The minimum absolute atomic E-state index is 0.0863. The molecule has 0 aliphatic carbocycles. The molecule has 0 saturated heterocycles. The Hall–Kier alpha value is -1.08. The van der Waals surface area contributed by atoms with E-state index in [1.807, 2.05) is 0 Å². The van der Waals surface area contributed by atoms with Gasteiger partial charge in [0.25, 0.3) is 5.56 Å². The Morgan fingerprint density at radius 2 is 2.12 bits per heavy atom. The number of H-pyrrole nitrogens is 1. The SMILES string of the molecule is CC(C)(CNc1nc[nH]c(=O)c1Cl)S(C)(=O)=O. The zero-order valence-corrected chi connectivity index (χ0v) is 11.3. The van der Waals surface area contributed by atoms with Gasteiger partial charge in [0.1, 0.15) is 5.02 Å². The van der Waals surface area contributed by atoms with Crippen LogP contribution >= 0.6 is 11.6 Å². The average Bonchev–Trinajstić information content (AvgIpc) is 2.18. The molecular weight excluding hydrogens is 266 g/mol. The summed E-state index contributed by atoms with van der Waals surface area (Å²) in [6, 6.07) is 0. The highest BCUT2D eigenvalue weighted by Crippen LogP contribution is 2.18. The van der Waals surface area contributed by atoms with Crippen molar-refractivity contribution in [2.45, 2.75) is 18.6 Å². The Balaban J connectivity index is 2.89. The zero-order valence-electron chi connectivity index (χ0n) is 9.74. The highest BCUT2D eigenvalue weighted by Gasteiger charge is 2.30. The predicted molar refractivity (Wildman–Crippen MR) is 67.3 cm³/mol. The molecule has 0 atom stereocenters. The van der Waals surface area contributed by atoms with E-state index < -0.39 is 20.1 Å². The zero-order chi connectivity index (χ0) is 13.3. The molecule has 96 valence electrons. The first kappa shape index (κ1) is 14.0. The van der Waals surface area contributed by atoms with Crippen LogP contribution < -0.4 is 10.9 Å². The summed E-state index contributed by atoms with van der Waals surface area (Å²) in [5.74, 6) is 0.173. The highest BCUT2D eigenvalue weighted by molar-refractivity contribution is 7.92. The van der Waals surface area contributed by atoms with Crippen LogP contribution in [0.15, 0.2) is 11.1 Å². The van der Waals surface area contributed by atoms with E-state index in [0.717, 1.165) is 6.26 Å². The lowest BCUT2D eigenvalue weighted by atomic mass is 10.2. The van der Waals surface area contributed by atoms with Crippen LogP contribution in [-0.4, -0.2) is 35.9 Å². The van der Waals surface area contributed by atoms with Gasteiger partial charge in [-0.25, -0.2) is 13.4 Å². The van der Waals surface area contributed by atoms with Crippen molar-refractivity contribution in [3.8, 4) is 0 Å². The molecule has 1 heterocycles. The van der Waals surface area contributed by atoms with E-state index in [0.29, 0.717) is 0 Å². The molecule has 0 aromatic carbocycles. The minimum Gasteiger partial charge on any atom is -0.367 e. The Kier molecular flexibility index (Phi) is 3.83. The van der Waals surface area contributed by atoms with Gasteiger partial charge in [0.15, 0.2) is 15.7 Å². The molecule has 0 fully saturated rings. The Bertz CT molecular complexity index is 565. The highest BCUT2D eigenvalue weighted by atomic mass is 35.5. The first-order valence-electron chi connectivity index (χ1n) is 4.82. The van der Waals surface area contributed by atoms with E-state index in [2.05, 4.69) is 15.3 Å². The molecule has 0 bridgehead atoms. The average molecular weight is 280 g/mol. The van der Waals surface area contributed by atoms with E-state index in [1.54, 1.807) is 13.8 Å². The van der Waals surface area contributed by atoms with Crippen LogP contribution in [-0.2, 0) is 9.84 Å². The van der Waals surface area contributed by atoms with Gasteiger partial charge in [-0.1, -0.05) is 11.6 Å². The van der Waals surface area contributed by atoms with E-state index in [-0.39, 0.29) is 17.4 Å². The van der Waals surface area contributed by atoms with Crippen molar-refractivity contribution in [1.82, 2.24) is 9.97 Å². The Morgan fingerprint density at radius 1 is 1.53 bits per heavy atom. The van der Waals surface area contributed by atoms with Crippen molar-refractivity contribution in [3.05, 3.63) is 21.7 Å². The van der Waals surface area contributed by atoms with E-state index in [1.165, 1.54) is 6.33 Å². The van der Waals surface area contributed by atoms with Crippen molar-refractivity contribution in [3.63, 3.8) is 0 Å². The molecule has 2 N–H and O–H groups in total. The maximum absolute atomic E-state index is 11.5. The van der Waals surface area contributed by atoms with E-state index in [4.69, 9.17) is 11.6 Å². The van der Waals surface area contributed by atoms with Crippen molar-refractivity contribution < 1.29 is 8.42 Å². The summed E-state index contributed by atoms with van der Waals surface area (Å²) in [6.07, 6.45) is 2.35. The molecule has 0 unspecified atom stereocenters. The number of aromatic amines is 1. The third-order valence-electron chi connectivity index (χ3n) is 2.48. The van der Waals surface area contributed by atoms with Gasteiger partial charge in [-0.05, 0) is 13.8 Å². The lowest BCUT2D eigenvalue weighted by Gasteiger charge is -2.23. The number of anilines is 1. The van der Waals surface area contributed by atoms with Gasteiger partial charge in [0, 0.05) is 12.8 Å². The van der Waals surface area contributed by atoms with Gasteiger partial charge in [-0.15, -0.1) is 0 Å². The standard InChI is InChI=1S/C9H14ClN3O3S/c1-9(2,17(3,15)16)4-11-7-6(10)8(14)13-5-12-7/h5H,4H2,1-3H3,(H2,11,12,13,14). The number of nitrogens with one attached hydrogen (secondary N) is 2. The van der Waals surface area contributed by atoms with Crippen LogP contribution in [0.5, 0.6) is 0 Å². The van der Waals surface area contributed by atoms with Gasteiger partial charge in [0.05, 0.1) is 11.1 Å². The Labute approximate surface area is 104 Å². The molecular formula is C9H14ClN3O3S. The summed E-state index contributed by atoms with van der Waals surface area (Å²) in [5, 5.41) is 2.67. The summed E-state index contributed by atoms with van der Waals surface area (Å²) in [7, 11) is -3.21. The van der Waals surface area contributed by atoms with Gasteiger partial charge >= 0.3 is 0 Å². The fourth-order valence-corrected chi connectivity index (χ4v) is 1.44. The van der Waals surface area contributed by atoms with Gasteiger partial charge in [-0.3, -0.25) is 4.79 Å². The molecule has 1 aromatic heterocycles. The topological polar surface area (TPSA) is 91.9 Å². The van der Waals surface area contributed by atoms with Crippen molar-refractivity contribution >= 4 is 27.3 Å². The quantitative estimate of drug-likeness (QED) is 0.845. The number of rotatable bonds is 4. The van der Waals surface area contributed by atoms with Gasteiger partial charge in [0.2, 0.25) is 0 Å². The van der Waals surface area contributed by atoms with E-state index >= 15 is 0 Å². The van der Waals surface area contributed by atoms with Crippen LogP contribution in [0.1, 0.15) is 13.8 Å². The summed E-state index contributed by atoms with van der Waals surface area (Å²) in [4.78, 5) is 17.3. The van der Waals surface area contributed by atoms with Crippen molar-refractivity contribution in [2.24, 2.45) is 0 Å². The first-order valence-corrected chi connectivity index (χ1v) is 7.09. The molecule has 6 nitrogen and oxygen atoms in total. The number of nitrogens with zero attached hydrogens (tertiary/aromatic N) is 1. The molecule has 0 saturated carbocycles. The lowest BCUT2D eigenvalue weighted by molar-refractivity contribution is 0.559. The van der Waals surface area contributed by atoms with Crippen LogP contribution in [0.3, 0.4) is 0 Å². The molecule has 0 amide bonds. The third kappa shape index (κ3) is 3.19. The smallest absolute Gasteiger partial charge is 0.271 e. The molecule has 0 aliphatic rings. The number of aromatic nitrogens is 2. The normalized spacial score (nSPS) is 12.5. The maximum atomic E-state index is 11.5.